The molecular formula is C29H36F4N4O4. The molecule has 224 valence electrons. The first-order chi connectivity index (χ1) is 19.2. The molecule has 2 aliphatic heterocycles. The number of carbonyl (C=O) groups is 2. The highest BCUT2D eigenvalue weighted by atomic mass is 19.4. The van der Waals surface area contributed by atoms with Crippen LogP contribution in [0.4, 0.5) is 17.6 Å². The summed E-state index contributed by atoms with van der Waals surface area (Å²) in [5, 5.41) is 14.8. The number of aliphatic hydroxyl groups excluding tert-OH is 1. The normalized spacial score (nSPS) is 22.5. The number of hydrogen-bond acceptors (Lipinski definition) is 7. The summed E-state index contributed by atoms with van der Waals surface area (Å²) < 4.78 is 60.2. The van der Waals surface area contributed by atoms with Crippen molar-refractivity contribution in [3.05, 3.63) is 47.9 Å². The Balaban J connectivity index is 1.27. The van der Waals surface area contributed by atoms with E-state index in [0.717, 1.165) is 12.8 Å². The van der Waals surface area contributed by atoms with Gasteiger partial charge in [-0.15, -0.1) is 0 Å². The highest BCUT2D eigenvalue weighted by Crippen LogP contribution is 2.38. The minimum Gasteiger partial charge on any atom is -0.477 e. The van der Waals surface area contributed by atoms with Gasteiger partial charge in [-0.25, -0.2) is 9.37 Å². The Kier molecular flexibility index (Phi) is 9.05. The number of hydrogen-bond donors (Lipinski definition) is 3. The summed E-state index contributed by atoms with van der Waals surface area (Å²) in [6, 6.07) is 7.38. The largest absolute Gasteiger partial charge is 0.477 e. The minimum atomic E-state index is -4.25. The first-order valence-electron chi connectivity index (χ1n) is 13.6. The Morgan fingerprint density at radius 1 is 1.17 bits per heavy atom. The van der Waals surface area contributed by atoms with Crippen molar-refractivity contribution < 1.29 is 37.0 Å². The number of benzene rings is 1. The molecule has 3 N–H and O–H groups in total. The van der Waals surface area contributed by atoms with Crippen LogP contribution in [0.25, 0.3) is 11.1 Å². The Labute approximate surface area is 236 Å². The number of alkyl halides is 3. The minimum absolute atomic E-state index is 0.0284. The third-order valence-electron chi connectivity index (χ3n) is 7.94. The number of β-amino-alcohol motifs (C(OH)–C–C–N with tert-alkyl or cyclic N) is 1. The number of piperidine rings is 1. The van der Waals surface area contributed by atoms with Crippen LogP contribution in [0.2, 0.25) is 0 Å². The average Bonchev–Trinajstić information content (AvgIpc) is 3.27. The Morgan fingerprint density at radius 3 is 2.41 bits per heavy atom. The molecule has 4 rings (SSSR count). The maximum Gasteiger partial charge on any atom is 0.395 e. The topological polar surface area (TPSA) is 104 Å². The van der Waals surface area contributed by atoms with Crippen LogP contribution in [0, 0.1) is 17.2 Å². The van der Waals surface area contributed by atoms with Crippen LogP contribution in [0.5, 0.6) is 5.88 Å². The van der Waals surface area contributed by atoms with Gasteiger partial charge in [-0.1, -0.05) is 6.07 Å². The molecule has 0 radical (unpaired) electrons. The molecule has 8 nitrogen and oxygen atoms in total. The number of amides is 2. The van der Waals surface area contributed by atoms with Crippen molar-refractivity contribution >= 4 is 11.8 Å². The second kappa shape index (κ2) is 12.0. The first kappa shape index (κ1) is 30.9. The Bertz CT molecular complexity index is 1250. The van der Waals surface area contributed by atoms with E-state index in [1.807, 2.05) is 4.90 Å². The van der Waals surface area contributed by atoms with Crippen LogP contribution < -0.4 is 15.4 Å². The number of aromatic nitrogens is 1. The number of carbonyl (C=O) groups excluding carboxylic acids is 2. The van der Waals surface area contributed by atoms with E-state index < -0.39 is 40.9 Å². The second-order valence-corrected chi connectivity index (χ2v) is 11.8. The molecule has 0 unspecified atom stereocenters. The quantitative estimate of drug-likeness (QED) is 0.321. The van der Waals surface area contributed by atoms with E-state index in [1.165, 1.54) is 32.2 Å². The fraction of sp³-hybridized carbons (Fsp3) is 0.552. The van der Waals surface area contributed by atoms with Gasteiger partial charge in [-0.2, -0.15) is 13.2 Å². The third kappa shape index (κ3) is 7.41. The molecule has 12 heteroatoms. The van der Waals surface area contributed by atoms with Crippen LogP contribution >= 0.6 is 0 Å². The summed E-state index contributed by atoms with van der Waals surface area (Å²) in [5.74, 6) is -1.73. The summed E-state index contributed by atoms with van der Waals surface area (Å²) in [6.07, 6.45) is -1.82. The van der Waals surface area contributed by atoms with E-state index in [9.17, 15) is 32.3 Å². The van der Waals surface area contributed by atoms with Crippen molar-refractivity contribution in [2.45, 2.75) is 57.9 Å². The van der Waals surface area contributed by atoms with Crippen LogP contribution in [0.3, 0.4) is 0 Å². The van der Waals surface area contributed by atoms with Gasteiger partial charge in [0.25, 0.3) is 5.91 Å². The molecule has 0 bridgehead atoms. The number of ether oxygens (including phenoxy) is 1. The van der Waals surface area contributed by atoms with Crippen molar-refractivity contribution in [1.29, 1.82) is 0 Å². The van der Waals surface area contributed by atoms with Gasteiger partial charge in [0.05, 0.1) is 29.2 Å². The van der Waals surface area contributed by atoms with Crippen molar-refractivity contribution in [3.8, 4) is 17.0 Å². The smallest absolute Gasteiger partial charge is 0.395 e. The lowest BCUT2D eigenvalue weighted by Gasteiger charge is -2.38. The number of likely N-dealkylation sites (tertiary alicyclic amines) is 1. The highest BCUT2D eigenvalue weighted by molar-refractivity contribution is 6.07. The van der Waals surface area contributed by atoms with E-state index in [4.69, 9.17) is 4.74 Å². The van der Waals surface area contributed by atoms with E-state index in [1.54, 1.807) is 25.1 Å². The number of halogens is 4. The number of imide groups is 1. The van der Waals surface area contributed by atoms with Crippen molar-refractivity contribution in [2.75, 3.05) is 32.8 Å². The monoisotopic (exact) mass is 580 g/mol. The number of aliphatic hydroxyl groups is 1. The van der Waals surface area contributed by atoms with Gasteiger partial charge in [0.1, 0.15) is 5.82 Å². The Hall–Kier alpha value is -3.09. The van der Waals surface area contributed by atoms with Gasteiger partial charge >= 0.3 is 6.18 Å². The number of nitrogens with one attached hydrogen (secondary N) is 2. The van der Waals surface area contributed by atoms with E-state index >= 15 is 0 Å². The molecule has 2 aliphatic rings. The zero-order valence-electron chi connectivity index (χ0n) is 23.4. The predicted octanol–water partition coefficient (Wildman–Crippen LogP) is 3.94. The maximum absolute atomic E-state index is 14.8. The fourth-order valence-electron chi connectivity index (χ4n) is 5.12. The number of nitrogens with zero attached hydrogens (tertiary/aromatic N) is 2. The molecule has 0 saturated carbocycles. The lowest BCUT2D eigenvalue weighted by Crippen LogP contribution is -2.52. The lowest BCUT2D eigenvalue weighted by molar-refractivity contribution is -0.217. The lowest BCUT2D eigenvalue weighted by atomic mass is 9.89. The second-order valence-electron chi connectivity index (χ2n) is 11.8. The molecule has 1 aromatic heterocycles. The van der Waals surface area contributed by atoms with Gasteiger partial charge in [-0.3, -0.25) is 14.9 Å². The Morgan fingerprint density at radius 2 is 1.85 bits per heavy atom. The van der Waals surface area contributed by atoms with Crippen LogP contribution in [-0.4, -0.2) is 77.4 Å². The zero-order chi connectivity index (χ0) is 30.0. The van der Waals surface area contributed by atoms with Crippen molar-refractivity contribution in [1.82, 2.24) is 20.5 Å². The molecule has 41 heavy (non-hydrogen) atoms. The van der Waals surface area contributed by atoms with Gasteiger partial charge in [0.2, 0.25) is 11.8 Å². The van der Waals surface area contributed by atoms with E-state index in [-0.39, 0.29) is 31.0 Å². The van der Waals surface area contributed by atoms with Crippen molar-refractivity contribution in [3.63, 3.8) is 0 Å². The van der Waals surface area contributed by atoms with Crippen LogP contribution in [-0.2, 0) is 4.79 Å². The van der Waals surface area contributed by atoms with E-state index in [0.29, 0.717) is 36.7 Å². The SMILES string of the molecule is CC(C)(CN1CCC(COc2ccc(-c3ccc(C(=O)NC(=O)[C@]4(C)C[C@@H](O)CN4)c(F)c3)cn2)CC1)C(F)(F)F. The zero-order valence-corrected chi connectivity index (χ0v) is 23.4. The summed E-state index contributed by atoms with van der Waals surface area (Å²) in [5.41, 5.74) is -2.09. The summed E-state index contributed by atoms with van der Waals surface area (Å²) in [7, 11) is 0. The summed E-state index contributed by atoms with van der Waals surface area (Å²) in [4.78, 5) is 31.2. The number of rotatable bonds is 8. The summed E-state index contributed by atoms with van der Waals surface area (Å²) in [6.45, 7) is 5.76. The predicted molar refractivity (Wildman–Crippen MR) is 144 cm³/mol. The van der Waals surface area contributed by atoms with Gasteiger partial charge < -0.3 is 20.1 Å². The standard InChI is InChI=1S/C29H36F4N4O4/c1-27(2,29(31,32)33)17-37-10-8-18(9-11-37)16-41-24-7-5-20(14-34-24)19-4-6-22(23(30)12-19)25(39)36-26(40)28(3)13-21(38)15-35-28/h4-7,12,14,18,21,35,38H,8-11,13,15-17H2,1-3H3,(H,36,39,40)/t21-,28+/m1/s1. The molecule has 2 aromatic rings. The van der Waals surface area contributed by atoms with Crippen LogP contribution in [0.1, 0.15) is 50.4 Å². The van der Waals surface area contributed by atoms with Gasteiger partial charge in [-0.05, 0) is 76.4 Å². The van der Waals surface area contributed by atoms with Crippen LogP contribution in [0.15, 0.2) is 36.5 Å². The molecule has 2 atom stereocenters. The molecule has 0 aliphatic carbocycles. The fourth-order valence-corrected chi connectivity index (χ4v) is 5.12. The molecule has 2 saturated heterocycles. The third-order valence-corrected chi connectivity index (χ3v) is 7.94. The first-order valence-corrected chi connectivity index (χ1v) is 13.6. The molecule has 2 amide bonds. The average molecular weight is 581 g/mol. The molecule has 1 aromatic carbocycles. The van der Waals surface area contributed by atoms with Crippen molar-refractivity contribution in [2.24, 2.45) is 11.3 Å². The highest BCUT2D eigenvalue weighted by Gasteiger charge is 2.48. The number of pyridine rings is 1. The summed E-state index contributed by atoms with van der Waals surface area (Å²) >= 11 is 0. The van der Waals surface area contributed by atoms with Gasteiger partial charge in [0, 0.05) is 37.3 Å². The van der Waals surface area contributed by atoms with E-state index in [2.05, 4.69) is 15.6 Å². The molecule has 3 heterocycles. The molecule has 2 fully saturated rings. The maximum atomic E-state index is 14.8. The molecule has 0 spiro atoms. The molecular weight excluding hydrogens is 544 g/mol. The van der Waals surface area contributed by atoms with Gasteiger partial charge in [0.15, 0.2) is 0 Å².